The molecule has 4 N–H and O–H groups in total. The van der Waals surface area contributed by atoms with Crippen LogP contribution in [0.3, 0.4) is 0 Å². The summed E-state index contributed by atoms with van der Waals surface area (Å²) in [5.74, 6) is -5.11. The zero-order valence-corrected chi connectivity index (χ0v) is 24.1. The number of anilines is 1. The van der Waals surface area contributed by atoms with Gasteiger partial charge >= 0.3 is 25.3 Å². The van der Waals surface area contributed by atoms with Crippen LogP contribution in [0.1, 0.15) is 31.7 Å². The van der Waals surface area contributed by atoms with Crippen LogP contribution in [0.4, 0.5) is 20.3 Å². The predicted molar refractivity (Wildman–Crippen MR) is 149 cm³/mol. The summed E-state index contributed by atoms with van der Waals surface area (Å²) in [5.41, 5.74) is 4.54. The van der Waals surface area contributed by atoms with Crippen molar-refractivity contribution in [2.75, 3.05) is 12.3 Å². The van der Waals surface area contributed by atoms with Gasteiger partial charge in [-0.15, -0.1) is 0 Å². The molecule has 1 saturated heterocycles. The Hall–Kier alpha value is -4.28. The number of hydrogen-bond acceptors (Lipinski definition) is 12. The van der Waals surface area contributed by atoms with E-state index in [2.05, 4.69) is 10.1 Å². The molecule has 4 rings (SSSR count). The Morgan fingerprint density at radius 3 is 2.50 bits per heavy atom. The molecule has 1 aliphatic heterocycles. The van der Waals surface area contributed by atoms with Gasteiger partial charge in [0.1, 0.15) is 29.8 Å². The van der Waals surface area contributed by atoms with Crippen LogP contribution in [-0.2, 0) is 23.4 Å². The van der Waals surface area contributed by atoms with E-state index in [1.54, 1.807) is 18.2 Å². The second-order valence-corrected chi connectivity index (χ2v) is 11.4. The summed E-state index contributed by atoms with van der Waals surface area (Å²) in [6.45, 7) is 1.86. The highest BCUT2D eigenvalue weighted by Gasteiger charge is 2.60. The number of hydrogen-bond donors (Lipinski definition) is 3. The minimum Gasteiger partial charge on any atom is -0.457 e. The number of non-ortho nitro benzene ring substituents is 1. The average Bonchev–Trinajstić information content (AvgIpc) is 3.20. The summed E-state index contributed by atoms with van der Waals surface area (Å²) in [6, 6.07) is 12.6. The summed E-state index contributed by atoms with van der Waals surface area (Å²) >= 11 is 0. The van der Waals surface area contributed by atoms with Crippen molar-refractivity contribution in [3.8, 4) is 5.75 Å². The van der Waals surface area contributed by atoms with Gasteiger partial charge in [0, 0.05) is 18.3 Å². The van der Waals surface area contributed by atoms with E-state index >= 15 is 0 Å². The topological polar surface area (TPSA) is 207 Å². The maximum Gasteiger partial charge on any atom is 0.459 e. The van der Waals surface area contributed by atoms with E-state index in [1.165, 1.54) is 50.2 Å². The number of para-hydroxylation sites is 1. The Labute approximate surface area is 248 Å². The summed E-state index contributed by atoms with van der Waals surface area (Å²) in [6.07, 6.45) is -6.54. The number of aliphatic hydroxyl groups excluding tert-OH is 1. The first-order chi connectivity index (χ1) is 20.7. The molecular weight excluding hydrogens is 611 g/mol. The molecule has 3 unspecified atom stereocenters. The lowest BCUT2D eigenvalue weighted by Crippen LogP contribution is -2.42. The van der Waals surface area contributed by atoms with Crippen LogP contribution in [0.25, 0.3) is 0 Å². The molecule has 18 heteroatoms. The van der Waals surface area contributed by atoms with E-state index in [-0.39, 0.29) is 17.3 Å². The summed E-state index contributed by atoms with van der Waals surface area (Å²) < 4.78 is 65.6. The lowest BCUT2D eigenvalue weighted by molar-refractivity contribution is -0.384. The zero-order chi connectivity index (χ0) is 32.2. The summed E-state index contributed by atoms with van der Waals surface area (Å²) in [5, 5.41) is 23.6. The molecule has 2 aromatic carbocycles. The van der Waals surface area contributed by atoms with Crippen molar-refractivity contribution in [2.45, 2.75) is 50.4 Å². The van der Waals surface area contributed by atoms with E-state index in [0.29, 0.717) is 10.1 Å². The number of benzene rings is 2. The van der Waals surface area contributed by atoms with Crippen LogP contribution in [0.15, 0.2) is 71.7 Å². The van der Waals surface area contributed by atoms with Crippen LogP contribution in [0.5, 0.6) is 5.75 Å². The van der Waals surface area contributed by atoms with Gasteiger partial charge in [-0.3, -0.25) is 24.0 Å². The molecule has 1 aliphatic rings. The highest BCUT2D eigenvalue weighted by molar-refractivity contribution is 7.52. The van der Waals surface area contributed by atoms with E-state index in [4.69, 9.17) is 24.3 Å². The first-order valence-electron chi connectivity index (χ1n) is 13.0. The van der Waals surface area contributed by atoms with Crippen molar-refractivity contribution in [3.05, 3.63) is 93.0 Å². The molecule has 0 saturated carbocycles. The molecule has 6 atom stereocenters. The molecule has 15 nitrogen and oxygen atoms in total. The minimum atomic E-state index is -4.57. The van der Waals surface area contributed by atoms with E-state index in [9.17, 15) is 38.2 Å². The number of halogens is 2. The SMILES string of the molecule is CC(OC(=O)[C@H](C)NP(=O)(OC[C@H]1O[C@@H](n2ccc(N)nc2=O)C(F)(F)C1O)Oc1ccccc1)c1ccc([N+](=O)[O-])cc1. The molecule has 0 bridgehead atoms. The number of nitrogens with two attached hydrogens (primary N) is 1. The number of esters is 1. The van der Waals surface area contributed by atoms with Gasteiger partial charge in [0.05, 0.1) is 11.5 Å². The zero-order valence-electron chi connectivity index (χ0n) is 23.2. The summed E-state index contributed by atoms with van der Waals surface area (Å²) in [7, 11) is -4.57. The third-order valence-corrected chi connectivity index (χ3v) is 8.08. The van der Waals surface area contributed by atoms with Crippen molar-refractivity contribution >= 4 is 25.2 Å². The molecule has 3 aromatic rings. The van der Waals surface area contributed by atoms with Crippen molar-refractivity contribution in [1.82, 2.24) is 14.6 Å². The minimum absolute atomic E-state index is 0.0266. The molecule has 236 valence electrons. The third-order valence-electron chi connectivity index (χ3n) is 6.43. The second-order valence-electron chi connectivity index (χ2n) is 9.66. The molecule has 1 fully saturated rings. The Morgan fingerprint density at radius 2 is 1.89 bits per heavy atom. The average molecular weight is 640 g/mol. The maximum absolute atomic E-state index is 15.0. The van der Waals surface area contributed by atoms with Gasteiger partial charge in [-0.25, -0.2) is 9.36 Å². The Morgan fingerprint density at radius 1 is 1.23 bits per heavy atom. The monoisotopic (exact) mass is 639 g/mol. The Kier molecular flexibility index (Phi) is 9.75. The third kappa shape index (κ3) is 7.43. The van der Waals surface area contributed by atoms with Gasteiger partial charge in [-0.2, -0.15) is 18.9 Å². The van der Waals surface area contributed by atoms with E-state index in [0.717, 1.165) is 12.3 Å². The van der Waals surface area contributed by atoms with Crippen LogP contribution in [0.2, 0.25) is 0 Å². The standard InChI is InChI=1S/C26H28F2N5O10P/c1-15(23(35)41-16(2)17-8-10-18(11-9-17)33(37)38)31-44(39,43-19-6-4-3-5-7-19)40-14-20-22(34)26(27,28)24(42-20)32-13-12-21(29)30-25(32)36/h3-13,15-16,20,22,24,34H,14H2,1-2H3,(H,31,39)(H2,29,30,36)/t15-,16?,20+,22?,24+,44?/m0/s1. The highest BCUT2D eigenvalue weighted by Crippen LogP contribution is 2.48. The van der Waals surface area contributed by atoms with Crippen LogP contribution < -0.4 is 21.0 Å². The number of nitro groups is 1. The van der Waals surface area contributed by atoms with Crippen molar-refractivity contribution in [1.29, 1.82) is 0 Å². The molecular formula is C26H28F2N5O10P. The van der Waals surface area contributed by atoms with Gasteiger partial charge in [0.15, 0.2) is 6.10 Å². The largest absolute Gasteiger partial charge is 0.459 e. The Bertz CT molecular complexity index is 1590. The maximum atomic E-state index is 15.0. The predicted octanol–water partition coefficient (Wildman–Crippen LogP) is 3.11. The van der Waals surface area contributed by atoms with Gasteiger partial charge in [0.25, 0.3) is 5.69 Å². The molecule has 1 aromatic heterocycles. The second kappa shape index (κ2) is 13.2. The molecule has 0 radical (unpaired) electrons. The molecule has 0 spiro atoms. The number of carbonyl (C=O) groups excluding carboxylic acids is 1. The molecule has 0 aliphatic carbocycles. The lowest BCUT2D eigenvalue weighted by Gasteiger charge is -2.25. The fourth-order valence-electron chi connectivity index (χ4n) is 4.09. The number of carbonyl (C=O) groups is 1. The molecule has 0 amide bonds. The number of nitrogens with zero attached hydrogens (tertiary/aromatic N) is 3. The smallest absolute Gasteiger partial charge is 0.457 e. The lowest BCUT2D eigenvalue weighted by atomic mass is 10.1. The van der Waals surface area contributed by atoms with Gasteiger partial charge in [-0.05, 0) is 49.7 Å². The van der Waals surface area contributed by atoms with Crippen molar-refractivity contribution in [2.24, 2.45) is 0 Å². The number of rotatable bonds is 12. The van der Waals surface area contributed by atoms with Gasteiger partial charge in [-0.1, -0.05) is 18.2 Å². The van der Waals surface area contributed by atoms with Crippen molar-refractivity contribution < 1.29 is 46.7 Å². The first-order valence-corrected chi connectivity index (χ1v) is 14.5. The summed E-state index contributed by atoms with van der Waals surface area (Å²) in [4.78, 5) is 38.7. The normalized spacial score (nSPS) is 22.0. The fraction of sp³-hybridized carbons (Fsp3) is 0.346. The quantitative estimate of drug-likeness (QED) is 0.113. The number of alkyl halides is 2. The van der Waals surface area contributed by atoms with Gasteiger partial charge < -0.3 is 24.8 Å². The number of nitrogen functional groups attached to an aromatic ring is 1. The van der Waals surface area contributed by atoms with Crippen molar-refractivity contribution in [3.63, 3.8) is 0 Å². The number of nitro benzene ring substituents is 1. The fourth-order valence-corrected chi connectivity index (χ4v) is 5.60. The highest BCUT2D eigenvalue weighted by atomic mass is 31.2. The molecule has 2 heterocycles. The van der Waals surface area contributed by atoms with E-state index in [1.807, 2.05) is 0 Å². The van der Waals surface area contributed by atoms with Crippen LogP contribution in [-0.4, -0.2) is 56.3 Å². The Balaban J connectivity index is 1.48. The number of ether oxygens (including phenoxy) is 2. The number of aliphatic hydroxyl groups is 1. The van der Waals surface area contributed by atoms with E-state index < -0.39 is 67.4 Å². The number of nitrogens with one attached hydrogen (secondary N) is 1. The molecule has 44 heavy (non-hydrogen) atoms. The van der Waals surface area contributed by atoms with Crippen LogP contribution >= 0.6 is 7.75 Å². The number of aromatic nitrogens is 2. The first kappa shape index (κ1) is 32.6. The van der Waals surface area contributed by atoms with Gasteiger partial charge in [0.2, 0.25) is 6.23 Å². The van der Waals surface area contributed by atoms with Crippen LogP contribution in [0, 0.1) is 10.1 Å².